The van der Waals surface area contributed by atoms with Gasteiger partial charge in [-0.15, -0.1) is 0 Å². The molecule has 0 amide bonds. The summed E-state index contributed by atoms with van der Waals surface area (Å²) < 4.78 is 18.4. The van der Waals surface area contributed by atoms with Gasteiger partial charge in [0.15, 0.2) is 0 Å². The van der Waals surface area contributed by atoms with Crippen molar-refractivity contribution in [2.75, 3.05) is 5.48 Å². The highest BCUT2D eigenvalue weighted by molar-refractivity contribution is 5.56. The van der Waals surface area contributed by atoms with E-state index in [0.717, 1.165) is 12.8 Å². The van der Waals surface area contributed by atoms with Gasteiger partial charge in [0.05, 0.1) is 5.69 Å². The van der Waals surface area contributed by atoms with Crippen molar-refractivity contribution in [3.63, 3.8) is 0 Å². The monoisotopic (exact) mass is 208 g/mol. The lowest BCUT2D eigenvalue weighted by Gasteiger charge is -2.19. The smallest absolute Gasteiger partial charge is 0.144 e. The van der Waals surface area contributed by atoms with Gasteiger partial charge < -0.3 is 15.4 Å². The summed E-state index contributed by atoms with van der Waals surface area (Å²) >= 11 is 0. The molecule has 1 aliphatic carbocycles. The third kappa shape index (κ3) is 2.27. The van der Waals surface area contributed by atoms with E-state index in [9.17, 15) is 9.60 Å². The Kier molecular flexibility index (Phi) is 2.87. The maximum atomic E-state index is 12.9. The van der Waals surface area contributed by atoms with Crippen LogP contribution in [0.4, 0.5) is 10.1 Å². The first-order valence-corrected chi connectivity index (χ1v) is 4.79. The first-order valence-electron chi connectivity index (χ1n) is 4.79. The van der Waals surface area contributed by atoms with Crippen LogP contribution in [0.3, 0.4) is 0 Å². The first-order chi connectivity index (χ1) is 7.29. The SMILES string of the molecule is [O-]Nc1ccc(F)cc1OC1CC=CC1. The van der Waals surface area contributed by atoms with E-state index in [2.05, 4.69) is 0 Å². The molecule has 15 heavy (non-hydrogen) atoms. The Morgan fingerprint density at radius 3 is 2.73 bits per heavy atom. The molecule has 1 aromatic rings. The highest BCUT2D eigenvalue weighted by Gasteiger charge is 2.13. The Labute approximate surface area is 87.1 Å². The van der Waals surface area contributed by atoms with Gasteiger partial charge in [0, 0.05) is 18.9 Å². The molecule has 0 aliphatic heterocycles. The van der Waals surface area contributed by atoms with Crippen molar-refractivity contribution in [3.05, 3.63) is 41.4 Å². The molecule has 3 nitrogen and oxygen atoms in total. The third-order valence-electron chi connectivity index (χ3n) is 2.31. The van der Waals surface area contributed by atoms with Gasteiger partial charge in [-0.3, -0.25) is 0 Å². The maximum absolute atomic E-state index is 12.9. The summed E-state index contributed by atoms with van der Waals surface area (Å²) in [5.74, 6) is -0.131. The number of rotatable bonds is 3. The zero-order chi connectivity index (χ0) is 10.7. The summed E-state index contributed by atoms with van der Waals surface area (Å²) in [5, 5.41) is 10.6. The molecule has 0 radical (unpaired) electrons. The summed E-state index contributed by atoms with van der Waals surface area (Å²) in [6, 6.07) is 3.82. The van der Waals surface area contributed by atoms with Crippen molar-refractivity contribution < 1.29 is 9.13 Å². The molecule has 0 unspecified atom stereocenters. The number of hydrogen-bond acceptors (Lipinski definition) is 3. The lowest BCUT2D eigenvalue weighted by molar-refractivity contribution is 0.217. The first kappa shape index (κ1) is 9.98. The fourth-order valence-electron chi connectivity index (χ4n) is 1.55. The lowest BCUT2D eigenvalue weighted by Crippen LogP contribution is -2.12. The van der Waals surface area contributed by atoms with Crippen LogP contribution in [0.1, 0.15) is 12.8 Å². The van der Waals surface area contributed by atoms with E-state index in [4.69, 9.17) is 4.74 Å². The van der Waals surface area contributed by atoms with Crippen LogP contribution in [-0.2, 0) is 0 Å². The molecular formula is C11H11FNO2-. The Hall–Kier alpha value is -1.55. The molecule has 0 aromatic heterocycles. The highest BCUT2D eigenvalue weighted by Crippen LogP contribution is 2.28. The molecule has 0 heterocycles. The topological polar surface area (TPSA) is 44.3 Å². The number of nitrogens with one attached hydrogen (secondary N) is 1. The van der Waals surface area contributed by atoms with E-state index in [0.29, 0.717) is 0 Å². The molecule has 0 saturated heterocycles. The van der Waals surface area contributed by atoms with E-state index in [-0.39, 0.29) is 17.5 Å². The second-order valence-electron chi connectivity index (χ2n) is 3.43. The maximum Gasteiger partial charge on any atom is 0.144 e. The van der Waals surface area contributed by atoms with Crippen molar-refractivity contribution in [1.29, 1.82) is 0 Å². The summed E-state index contributed by atoms with van der Waals surface area (Å²) in [6.45, 7) is 0. The summed E-state index contributed by atoms with van der Waals surface area (Å²) in [7, 11) is 0. The number of ether oxygens (including phenoxy) is 1. The predicted octanol–water partition coefficient (Wildman–Crippen LogP) is 2.83. The van der Waals surface area contributed by atoms with Gasteiger partial charge in [-0.1, -0.05) is 12.2 Å². The average Bonchev–Trinajstić information content (AvgIpc) is 2.71. The van der Waals surface area contributed by atoms with Gasteiger partial charge in [-0.2, -0.15) is 0 Å². The normalized spacial score (nSPS) is 15.6. The fraction of sp³-hybridized carbons (Fsp3) is 0.273. The van der Waals surface area contributed by atoms with E-state index in [1.807, 2.05) is 12.2 Å². The van der Waals surface area contributed by atoms with Crippen LogP contribution in [0.5, 0.6) is 5.75 Å². The van der Waals surface area contributed by atoms with Crippen molar-refractivity contribution in [2.45, 2.75) is 18.9 Å². The quantitative estimate of drug-likeness (QED) is 0.613. The molecule has 0 atom stereocenters. The average molecular weight is 208 g/mol. The van der Waals surface area contributed by atoms with Gasteiger partial charge in [0.25, 0.3) is 0 Å². The van der Waals surface area contributed by atoms with Crippen LogP contribution in [0.2, 0.25) is 0 Å². The number of benzene rings is 1. The zero-order valence-electron chi connectivity index (χ0n) is 8.07. The second-order valence-corrected chi connectivity index (χ2v) is 3.43. The standard InChI is InChI=1S/C11H11FNO2/c12-8-5-6-10(13-14)11(7-8)15-9-3-1-2-4-9/h1-2,5-7,9,13H,3-4H2/q-1. The van der Waals surface area contributed by atoms with Crippen LogP contribution in [0.15, 0.2) is 30.4 Å². The summed E-state index contributed by atoms with van der Waals surface area (Å²) in [6.07, 6.45) is 5.63. The molecule has 0 saturated carbocycles. The third-order valence-corrected chi connectivity index (χ3v) is 2.31. The van der Waals surface area contributed by atoms with Gasteiger partial charge in [0.2, 0.25) is 0 Å². The van der Waals surface area contributed by atoms with Crippen molar-refractivity contribution >= 4 is 5.69 Å². The molecule has 0 bridgehead atoms. The van der Waals surface area contributed by atoms with Crippen molar-refractivity contribution in [1.82, 2.24) is 0 Å². The molecule has 2 rings (SSSR count). The molecular weight excluding hydrogens is 197 g/mol. The minimum absolute atomic E-state index is 0.0129. The van der Waals surface area contributed by atoms with Crippen LogP contribution >= 0.6 is 0 Å². The van der Waals surface area contributed by atoms with Gasteiger partial charge in [-0.05, 0) is 12.1 Å². The lowest BCUT2D eigenvalue weighted by atomic mass is 10.2. The van der Waals surface area contributed by atoms with Crippen LogP contribution in [-0.4, -0.2) is 6.10 Å². The van der Waals surface area contributed by atoms with Gasteiger partial charge in [0.1, 0.15) is 17.7 Å². The summed E-state index contributed by atoms with van der Waals surface area (Å²) in [5.41, 5.74) is 2.00. The number of halogens is 1. The summed E-state index contributed by atoms with van der Waals surface area (Å²) in [4.78, 5) is 0. The van der Waals surface area contributed by atoms with Crippen LogP contribution in [0, 0.1) is 11.0 Å². The molecule has 0 spiro atoms. The number of anilines is 1. The molecule has 1 aliphatic rings. The molecule has 1 aromatic carbocycles. The fourth-order valence-corrected chi connectivity index (χ4v) is 1.55. The molecule has 1 N–H and O–H groups in total. The number of hydrogen-bond donors (Lipinski definition) is 1. The molecule has 0 fully saturated rings. The van der Waals surface area contributed by atoms with Gasteiger partial charge in [-0.25, -0.2) is 4.39 Å². The predicted molar refractivity (Wildman–Crippen MR) is 56.2 cm³/mol. The van der Waals surface area contributed by atoms with E-state index >= 15 is 0 Å². The van der Waals surface area contributed by atoms with Crippen molar-refractivity contribution in [3.8, 4) is 5.75 Å². The Morgan fingerprint density at radius 2 is 2.07 bits per heavy atom. The highest BCUT2D eigenvalue weighted by atomic mass is 19.1. The van der Waals surface area contributed by atoms with E-state index < -0.39 is 5.82 Å². The largest absolute Gasteiger partial charge is 0.761 e. The minimum atomic E-state index is -0.407. The zero-order valence-corrected chi connectivity index (χ0v) is 8.07. The van der Waals surface area contributed by atoms with Gasteiger partial charge >= 0.3 is 0 Å². The van der Waals surface area contributed by atoms with Crippen LogP contribution in [0.25, 0.3) is 0 Å². The second kappa shape index (κ2) is 4.31. The van der Waals surface area contributed by atoms with Crippen LogP contribution < -0.4 is 10.2 Å². The van der Waals surface area contributed by atoms with Crippen molar-refractivity contribution in [2.24, 2.45) is 0 Å². The Morgan fingerprint density at radius 1 is 1.33 bits per heavy atom. The molecule has 80 valence electrons. The Bertz CT molecular complexity index is 371. The Balaban J connectivity index is 2.14. The molecule has 4 heteroatoms. The minimum Gasteiger partial charge on any atom is -0.761 e. The van der Waals surface area contributed by atoms with E-state index in [1.54, 1.807) is 5.48 Å². The van der Waals surface area contributed by atoms with E-state index in [1.165, 1.54) is 18.2 Å².